The molecule has 1 fully saturated rings. The summed E-state index contributed by atoms with van der Waals surface area (Å²) in [6.45, 7) is 8.22. The van der Waals surface area contributed by atoms with Gasteiger partial charge in [-0.15, -0.1) is 0 Å². The second-order valence-corrected chi connectivity index (χ2v) is 8.44. The van der Waals surface area contributed by atoms with Crippen molar-refractivity contribution in [1.82, 2.24) is 20.1 Å². The number of anilines is 2. The van der Waals surface area contributed by atoms with Crippen LogP contribution in [0.2, 0.25) is 0 Å². The van der Waals surface area contributed by atoms with Crippen LogP contribution in [0.4, 0.5) is 11.4 Å². The van der Waals surface area contributed by atoms with Crippen molar-refractivity contribution >= 4 is 22.4 Å². The zero-order valence-corrected chi connectivity index (χ0v) is 19.1. The highest BCUT2D eigenvalue weighted by atomic mass is 16.5. The molecule has 1 aliphatic heterocycles. The number of hydrogen-bond acceptors (Lipinski definition) is 6. The Morgan fingerprint density at radius 3 is 2.55 bits per heavy atom. The molecule has 0 atom stereocenters. The van der Waals surface area contributed by atoms with Crippen LogP contribution >= 0.6 is 0 Å². The number of pyridine rings is 1. The molecule has 4 rings (SSSR count). The normalized spacial score (nSPS) is 14.8. The smallest absolute Gasteiger partial charge is 0.160 e. The Balaban J connectivity index is 1.56. The van der Waals surface area contributed by atoms with E-state index >= 15 is 0 Å². The SMILES string of the molecule is CCn1ncc2c(NC3CCOCC3)c(CNCc3ccc(N(C)C)cc3)c(C)nc21. The molecular weight excluding hydrogens is 388 g/mol. The van der Waals surface area contributed by atoms with Crippen LogP contribution in [0.25, 0.3) is 11.0 Å². The lowest BCUT2D eigenvalue weighted by atomic mass is 10.0. The van der Waals surface area contributed by atoms with Crippen molar-refractivity contribution in [2.24, 2.45) is 0 Å². The first kappa shape index (κ1) is 21.6. The van der Waals surface area contributed by atoms with E-state index in [9.17, 15) is 0 Å². The first-order valence-corrected chi connectivity index (χ1v) is 11.2. The lowest BCUT2D eigenvalue weighted by Gasteiger charge is -2.26. The van der Waals surface area contributed by atoms with Crippen LogP contribution < -0.4 is 15.5 Å². The molecule has 0 unspecified atom stereocenters. The standard InChI is InChI=1S/C24H34N6O/c1-5-30-24-22(16-26-30)23(28-19-10-12-31-13-11-19)21(17(2)27-24)15-25-14-18-6-8-20(9-7-18)29(3)4/h6-9,16,19,25H,5,10-15H2,1-4H3,(H,27,28). The molecule has 7 nitrogen and oxygen atoms in total. The second kappa shape index (κ2) is 9.66. The first-order chi connectivity index (χ1) is 15.1. The largest absolute Gasteiger partial charge is 0.381 e. The van der Waals surface area contributed by atoms with Crippen LogP contribution in [0.15, 0.2) is 30.5 Å². The van der Waals surface area contributed by atoms with E-state index in [1.54, 1.807) is 0 Å². The predicted molar refractivity (Wildman–Crippen MR) is 127 cm³/mol. The van der Waals surface area contributed by atoms with Gasteiger partial charge in [0.1, 0.15) is 0 Å². The molecule has 1 saturated heterocycles. The number of aromatic nitrogens is 3. The van der Waals surface area contributed by atoms with Crippen molar-refractivity contribution in [3.8, 4) is 0 Å². The number of ether oxygens (including phenoxy) is 1. The monoisotopic (exact) mass is 422 g/mol. The summed E-state index contributed by atoms with van der Waals surface area (Å²) in [6, 6.07) is 9.10. The summed E-state index contributed by atoms with van der Waals surface area (Å²) in [4.78, 5) is 7.02. The number of benzene rings is 1. The van der Waals surface area contributed by atoms with Crippen molar-refractivity contribution in [2.45, 2.75) is 52.4 Å². The topological polar surface area (TPSA) is 67.2 Å². The van der Waals surface area contributed by atoms with Crippen LogP contribution in [0.5, 0.6) is 0 Å². The fourth-order valence-corrected chi connectivity index (χ4v) is 4.15. The third kappa shape index (κ3) is 4.83. The first-order valence-electron chi connectivity index (χ1n) is 11.2. The summed E-state index contributed by atoms with van der Waals surface area (Å²) in [5, 5.41) is 13.1. The minimum atomic E-state index is 0.418. The summed E-state index contributed by atoms with van der Waals surface area (Å²) in [6.07, 6.45) is 4.00. The fourth-order valence-electron chi connectivity index (χ4n) is 4.15. The molecule has 0 bridgehead atoms. The Labute approximate surface area is 184 Å². The third-order valence-corrected chi connectivity index (χ3v) is 6.05. The summed E-state index contributed by atoms with van der Waals surface area (Å²) in [7, 11) is 4.12. The Kier molecular flexibility index (Phi) is 6.73. The molecule has 0 radical (unpaired) electrons. The van der Waals surface area contributed by atoms with E-state index in [1.165, 1.54) is 22.5 Å². The predicted octanol–water partition coefficient (Wildman–Crippen LogP) is 3.71. The van der Waals surface area contributed by atoms with E-state index in [2.05, 4.69) is 72.8 Å². The van der Waals surface area contributed by atoms with Crippen LogP contribution in [-0.4, -0.2) is 48.1 Å². The van der Waals surface area contributed by atoms with E-state index in [0.717, 1.165) is 62.4 Å². The molecular formula is C24H34N6O. The highest BCUT2D eigenvalue weighted by Gasteiger charge is 2.20. The Hall–Kier alpha value is -2.64. The van der Waals surface area contributed by atoms with Crippen LogP contribution in [0, 0.1) is 6.92 Å². The molecule has 0 saturated carbocycles. The summed E-state index contributed by atoms with van der Waals surface area (Å²) < 4.78 is 7.53. The van der Waals surface area contributed by atoms with Gasteiger partial charge in [-0.2, -0.15) is 5.10 Å². The van der Waals surface area contributed by atoms with Gasteiger partial charge < -0.3 is 20.3 Å². The molecule has 166 valence electrons. The molecule has 0 spiro atoms. The van der Waals surface area contributed by atoms with E-state index in [-0.39, 0.29) is 0 Å². The lowest BCUT2D eigenvalue weighted by Crippen LogP contribution is -2.29. The lowest BCUT2D eigenvalue weighted by molar-refractivity contribution is 0.0904. The van der Waals surface area contributed by atoms with Gasteiger partial charge in [0.15, 0.2) is 5.65 Å². The molecule has 3 heterocycles. The molecule has 2 N–H and O–H groups in total. The van der Waals surface area contributed by atoms with Crippen LogP contribution in [0.3, 0.4) is 0 Å². The van der Waals surface area contributed by atoms with Crippen molar-refractivity contribution in [3.63, 3.8) is 0 Å². The Morgan fingerprint density at radius 2 is 1.87 bits per heavy atom. The summed E-state index contributed by atoms with van der Waals surface area (Å²) in [5.41, 5.74) is 6.88. The summed E-state index contributed by atoms with van der Waals surface area (Å²) in [5.74, 6) is 0. The second-order valence-electron chi connectivity index (χ2n) is 8.44. The number of nitrogens with zero attached hydrogens (tertiary/aromatic N) is 4. The molecule has 0 aliphatic carbocycles. The van der Waals surface area contributed by atoms with Crippen molar-refractivity contribution < 1.29 is 4.74 Å². The van der Waals surface area contributed by atoms with Gasteiger partial charge >= 0.3 is 0 Å². The fraction of sp³-hybridized carbons (Fsp3) is 0.500. The van der Waals surface area contributed by atoms with Crippen LogP contribution in [-0.2, 0) is 24.4 Å². The molecule has 7 heteroatoms. The van der Waals surface area contributed by atoms with Crippen molar-refractivity contribution in [1.29, 1.82) is 0 Å². The van der Waals surface area contributed by atoms with Crippen molar-refractivity contribution in [2.75, 3.05) is 37.5 Å². The minimum Gasteiger partial charge on any atom is -0.381 e. The van der Waals surface area contributed by atoms with Gasteiger partial charge in [-0.25, -0.2) is 9.67 Å². The molecule has 0 amide bonds. The number of nitrogens with one attached hydrogen (secondary N) is 2. The summed E-state index contributed by atoms with van der Waals surface area (Å²) >= 11 is 0. The molecule has 2 aromatic heterocycles. The van der Waals surface area contributed by atoms with Gasteiger partial charge in [-0.3, -0.25) is 0 Å². The van der Waals surface area contributed by atoms with Gasteiger partial charge in [0, 0.05) is 69.9 Å². The molecule has 3 aromatic rings. The average Bonchev–Trinajstić information content (AvgIpc) is 3.19. The quantitative estimate of drug-likeness (QED) is 0.577. The maximum Gasteiger partial charge on any atom is 0.160 e. The number of fused-ring (bicyclic) bond motifs is 1. The van der Waals surface area contributed by atoms with Crippen LogP contribution in [0.1, 0.15) is 36.6 Å². The number of rotatable bonds is 8. The molecule has 1 aromatic carbocycles. The van der Waals surface area contributed by atoms with E-state index in [4.69, 9.17) is 9.72 Å². The highest BCUT2D eigenvalue weighted by Crippen LogP contribution is 2.30. The van der Waals surface area contributed by atoms with Crippen molar-refractivity contribution in [3.05, 3.63) is 47.3 Å². The number of aryl methyl sites for hydroxylation is 2. The number of hydrogen-bond donors (Lipinski definition) is 2. The van der Waals surface area contributed by atoms with E-state index in [0.29, 0.717) is 6.04 Å². The van der Waals surface area contributed by atoms with Gasteiger partial charge in [0.05, 0.1) is 17.3 Å². The van der Waals surface area contributed by atoms with E-state index < -0.39 is 0 Å². The molecule has 1 aliphatic rings. The Morgan fingerprint density at radius 1 is 1.13 bits per heavy atom. The maximum atomic E-state index is 5.55. The van der Waals surface area contributed by atoms with Gasteiger partial charge in [-0.05, 0) is 44.4 Å². The Bertz CT molecular complexity index is 1010. The van der Waals surface area contributed by atoms with E-state index in [1.807, 2.05) is 10.9 Å². The highest BCUT2D eigenvalue weighted by molar-refractivity contribution is 5.91. The van der Waals surface area contributed by atoms with Gasteiger partial charge in [-0.1, -0.05) is 12.1 Å². The van der Waals surface area contributed by atoms with Gasteiger partial charge in [0.25, 0.3) is 0 Å². The zero-order chi connectivity index (χ0) is 21.8. The van der Waals surface area contributed by atoms with Gasteiger partial charge in [0.2, 0.25) is 0 Å². The maximum absolute atomic E-state index is 5.55. The molecule has 31 heavy (non-hydrogen) atoms. The average molecular weight is 423 g/mol. The third-order valence-electron chi connectivity index (χ3n) is 6.05. The zero-order valence-electron chi connectivity index (χ0n) is 19.1. The minimum absolute atomic E-state index is 0.418.